The van der Waals surface area contributed by atoms with Gasteiger partial charge in [-0.3, -0.25) is 4.79 Å². The van der Waals surface area contributed by atoms with Crippen LogP contribution in [-0.2, 0) is 4.79 Å². The number of aliphatic carboxylic acids is 1. The fourth-order valence-corrected chi connectivity index (χ4v) is 2.82. The Morgan fingerprint density at radius 2 is 1.80 bits per heavy atom. The van der Waals surface area contributed by atoms with Crippen molar-refractivity contribution < 1.29 is 36.6 Å². The minimum absolute atomic E-state index is 0.433. The summed E-state index contributed by atoms with van der Waals surface area (Å²) in [6.45, 7) is -0.206. The van der Waals surface area contributed by atoms with Crippen molar-refractivity contribution in [1.29, 1.82) is 0 Å². The summed E-state index contributed by atoms with van der Waals surface area (Å²) in [7, 11) is 0. The summed E-state index contributed by atoms with van der Waals surface area (Å²) >= 11 is 0. The predicted molar refractivity (Wildman–Crippen MR) is 75.5 cm³/mol. The van der Waals surface area contributed by atoms with Crippen molar-refractivity contribution in [3.63, 3.8) is 0 Å². The van der Waals surface area contributed by atoms with Crippen LogP contribution in [-0.4, -0.2) is 41.3 Å². The van der Waals surface area contributed by atoms with E-state index in [0.29, 0.717) is 4.90 Å². The van der Waals surface area contributed by atoms with Crippen molar-refractivity contribution in [2.75, 3.05) is 13.1 Å². The van der Waals surface area contributed by atoms with Gasteiger partial charge in [0, 0.05) is 18.7 Å². The minimum Gasteiger partial charge on any atom is -0.481 e. The lowest BCUT2D eigenvalue weighted by atomic mass is 9.96. The summed E-state index contributed by atoms with van der Waals surface area (Å²) < 4.78 is 66.1. The van der Waals surface area contributed by atoms with Crippen LogP contribution in [0.4, 0.5) is 26.7 Å². The van der Waals surface area contributed by atoms with Crippen molar-refractivity contribution in [2.24, 2.45) is 11.8 Å². The fourth-order valence-electron chi connectivity index (χ4n) is 2.82. The number of rotatable bonds is 3. The molecule has 1 unspecified atom stereocenters. The van der Waals surface area contributed by atoms with Crippen LogP contribution in [0.3, 0.4) is 0 Å². The molecular weight excluding hydrogens is 351 g/mol. The highest BCUT2D eigenvalue weighted by atomic mass is 19.4. The van der Waals surface area contributed by atoms with Gasteiger partial charge in [-0.25, -0.2) is 13.6 Å². The van der Waals surface area contributed by atoms with E-state index in [4.69, 9.17) is 5.11 Å². The second kappa shape index (κ2) is 6.85. The summed E-state index contributed by atoms with van der Waals surface area (Å²) in [6, 6.07) is 0.929. The van der Waals surface area contributed by atoms with Crippen molar-refractivity contribution >= 4 is 12.0 Å². The van der Waals surface area contributed by atoms with Gasteiger partial charge in [-0.15, -0.1) is 0 Å². The Hall–Kier alpha value is -2.39. The molecule has 5 nitrogen and oxygen atoms in total. The van der Waals surface area contributed by atoms with Crippen LogP contribution in [0.25, 0.3) is 0 Å². The first-order valence-electron chi connectivity index (χ1n) is 7.31. The van der Waals surface area contributed by atoms with E-state index >= 15 is 0 Å². The van der Waals surface area contributed by atoms with Gasteiger partial charge in [0.2, 0.25) is 0 Å². The molecule has 0 radical (unpaired) electrons. The number of amides is 2. The first-order valence-corrected chi connectivity index (χ1v) is 7.31. The smallest absolute Gasteiger partial charge is 0.394 e. The van der Waals surface area contributed by atoms with E-state index in [1.165, 1.54) is 6.92 Å². The Bertz CT molecular complexity index is 659. The lowest BCUT2D eigenvalue weighted by Crippen LogP contribution is -2.41. The molecule has 0 spiro atoms. The molecule has 1 heterocycles. The molecule has 1 aromatic carbocycles. The number of carboxylic acid groups (broad SMARTS) is 1. The Morgan fingerprint density at radius 1 is 1.24 bits per heavy atom. The second-order valence-corrected chi connectivity index (χ2v) is 5.80. The van der Waals surface area contributed by atoms with Crippen LogP contribution in [0, 0.1) is 23.5 Å². The molecule has 0 saturated carbocycles. The van der Waals surface area contributed by atoms with Crippen molar-refractivity contribution in [3.8, 4) is 0 Å². The average molecular weight is 366 g/mol. The highest BCUT2D eigenvalue weighted by molar-refractivity contribution is 5.78. The zero-order valence-electron chi connectivity index (χ0n) is 13.0. The maximum Gasteiger partial charge on any atom is 0.394 e. The number of carboxylic acids is 1. The van der Waals surface area contributed by atoms with Crippen LogP contribution in [0.1, 0.15) is 18.5 Å². The Kier molecular flexibility index (Phi) is 5.19. The lowest BCUT2D eigenvalue weighted by Gasteiger charge is -2.22. The van der Waals surface area contributed by atoms with Crippen LogP contribution < -0.4 is 5.32 Å². The summed E-state index contributed by atoms with van der Waals surface area (Å²) in [6.07, 6.45) is -4.78. The van der Waals surface area contributed by atoms with Gasteiger partial charge in [0.25, 0.3) is 0 Å². The summed E-state index contributed by atoms with van der Waals surface area (Å²) in [5, 5.41) is 11.1. The molecule has 1 saturated heterocycles. The quantitative estimate of drug-likeness (QED) is 0.809. The van der Waals surface area contributed by atoms with E-state index in [1.807, 2.05) is 0 Å². The van der Waals surface area contributed by atoms with Gasteiger partial charge < -0.3 is 15.3 Å². The van der Waals surface area contributed by atoms with E-state index in [2.05, 4.69) is 5.32 Å². The molecule has 0 aromatic heterocycles. The molecule has 138 valence electrons. The highest BCUT2D eigenvalue weighted by Crippen LogP contribution is 2.37. The van der Waals surface area contributed by atoms with E-state index in [1.54, 1.807) is 0 Å². The van der Waals surface area contributed by atoms with E-state index in [0.717, 1.165) is 18.2 Å². The minimum atomic E-state index is -4.78. The third-order valence-corrected chi connectivity index (χ3v) is 4.12. The van der Waals surface area contributed by atoms with Crippen LogP contribution in [0.15, 0.2) is 18.2 Å². The molecule has 10 heteroatoms. The van der Waals surface area contributed by atoms with Gasteiger partial charge in [-0.1, -0.05) is 6.07 Å². The largest absolute Gasteiger partial charge is 0.481 e. The highest BCUT2D eigenvalue weighted by Gasteiger charge is 2.53. The number of likely N-dealkylation sites (tertiary alicyclic amines) is 1. The number of nitrogens with zero attached hydrogens (tertiary/aromatic N) is 1. The number of hydrogen-bond donors (Lipinski definition) is 2. The molecule has 0 aliphatic carbocycles. The number of urea groups is 1. The normalized spacial score (nSPS) is 21.9. The number of carbonyl (C=O) groups is 2. The van der Waals surface area contributed by atoms with Crippen LogP contribution in [0.2, 0.25) is 0 Å². The SMILES string of the molecule is CC(NC(=O)N1C[C@@H](C(F)(F)F)[C@H](C(=O)O)C1)c1c(F)cccc1F. The van der Waals surface area contributed by atoms with Crippen molar-refractivity contribution in [1.82, 2.24) is 10.2 Å². The molecule has 2 amide bonds. The third kappa shape index (κ3) is 3.99. The number of benzene rings is 1. The zero-order chi connectivity index (χ0) is 18.9. The molecule has 1 fully saturated rings. The second-order valence-electron chi connectivity index (χ2n) is 5.80. The fraction of sp³-hybridized carbons (Fsp3) is 0.467. The molecule has 25 heavy (non-hydrogen) atoms. The molecule has 2 N–H and O–H groups in total. The maximum absolute atomic E-state index is 13.7. The molecule has 3 atom stereocenters. The van der Waals surface area contributed by atoms with E-state index < -0.39 is 66.3 Å². The summed E-state index contributed by atoms with van der Waals surface area (Å²) in [4.78, 5) is 23.8. The van der Waals surface area contributed by atoms with Gasteiger partial charge in [-0.2, -0.15) is 13.2 Å². The Labute approximate surface area is 139 Å². The third-order valence-electron chi connectivity index (χ3n) is 4.12. The maximum atomic E-state index is 13.7. The first-order chi connectivity index (χ1) is 11.5. The van der Waals surface area contributed by atoms with Crippen molar-refractivity contribution in [2.45, 2.75) is 19.1 Å². The number of nitrogens with one attached hydrogen (secondary N) is 1. The molecular formula is C15H15F5N2O3. The number of hydrogen-bond acceptors (Lipinski definition) is 2. The lowest BCUT2D eigenvalue weighted by molar-refractivity contribution is -0.187. The predicted octanol–water partition coefficient (Wildman–Crippen LogP) is 2.93. The monoisotopic (exact) mass is 366 g/mol. The van der Waals surface area contributed by atoms with Crippen LogP contribution >= 0.6 is 0 Å². The first kappa shape index (κ1) is 18.9. The van der Waals surface area contributed by atoms with Crippen LogP contribution in [0.5, 0.6) is 0 Å². The topological polar surface area (TPSA) is 69.6 Å². The molecule has 1 aromatic rings. The molecule has 0 bridgehead atoms. The summed E-state index contributed by atoms with van der Waals surface area (Å²) in [5.74, 6) is -7.47. The van der Waals surface area contributed by atoms with E-state index in [-0.39, 0.29) is 0 Å². The number of alkyl halides is 3. The van der Waals surface area contributed by atoms with Gasteiger partial charge >= 0.3 is 18.2 Å². The van der Waals surface area contributed by atoms with E-state index in [9.17, 15) is 31.5 Å². The number of carbonyl (C=O) groups excluding carboxylic acids is 1. The zero-order valence-corrected chi connectivity index (χ0v) is 13.0. The average Bonchev–Trinajstić information content (AvgIpc) is 2.92. The number of halogens is 5. The van der Waals surface area contributed by atoms with Gasteiger partial charge in [0.15, 0.2) is 0 Å². The molecule has 1 aliphatic heterocycles. The van der Waals surface area contributed by atoms with Gasteiger partial charge in [0.05, 0.1) is 17.9 Å². The molecule has 2 rings (SSSR count). The molecule has 1 aliphatic rings. The summed E-state index contributed by atoms with van der Waals surface area (Å²) in [5.41, 5.74) is -0.433. The standard InChI is InChI=1S/C15H15F5N2O3/c1-7(12-10(16)3-2-4-11(12)17)21-14(25)22-5-8(13(23)24)9(6-22)15(18,19)20/h2-4,7-9H,5-6H2,1H3,(H,21,25)(H,23,24)/t7?,8-,9-/m1/s1. The Balaban J connectivity index is 2.12. The van der Waals surface area contributed by atoms with Gasteiger partial charge in [-0.05, 0) is 19.1 Å². The van der Waals surface area contributed by atoms with Gasteiger partial charge in [0.1, 0.15) is 11.6 Å². The Morgan fingerprint density at radius 3 is 2.24 bits per heavy atom. The van der Waals surface area contributed by atoms with Crippen molar-refractivity contribution in [3.05, 3.63) is 35.4 Å².